The van der Waals surface area contributed by atoms with Gasteiger partial charge in [0.15, 0.2) is 5.78 Å². The molecule has 2 rings (SSSR count). The number of benzene rings is 1. The summed E-state index contributed by atoms with van der Waals surface area (Å²) in [5.74, 6) is 0.370. The highest BCUT2D eigenvalue weighted by Crippen LogP contribution is 2.60. The third-order valence-corrected chi connectivity index (χ3v) is 5.56. The van der Waals surface area contributed by atoms with Crippen molar-refractivity contribution in [2.75, 3.05) is 0 Å². The number of hydrogen-bond acceptors (Lipinski definition) is 1. The molecule has 110 valence electrons. The molecule has 1 atom stereocenters. The quantitative estimate of drug-likeness (QED) is 0.639. The van der Waals surface area contributed by atoms with Gasteiger partial charge in [-0.3, -0.25) is 4.79 Å². The van der Waals surface area contributed by atoms with Crippen LogP contribution in [0, 0.1) is 22.2 Å². The summed E-state index contributed by atoms with van der Waals surface area (Å²) in [6, 6.07) is 8.15. The van der Waals surface area contributed by atoms with Crippen LogP contribution in [-0.4, -0.2) is 5.78 Å². The highest BCUT2D eigenvalue weighted by atomic mass is 16.1. The van der Waals surface area contributed by atoms with Crippen molar-refractivity contribution in [2.45, 2.75) is 54.9 Å². The molecule has 0 N–H and O–H groups in total. The molecule has 0 saturated heterocycles. The first kappa shape index (κ1) is 15.3. The Morgan fingerprint density at radius 2 is 1.50 bits per heavy atom. The van der Waals surface area contributed by atoms with E-state index in [1.165, 1.54) is 5.56 Å². The maximum Gasteiger partial charge on any atom is 0.166 e. The third-order valence-electron chi connectivity index (χ3n) is 5.56. The molecule has 0 heterocycles. The largest absolute Gasteiger partial charge is 0.294 e. The number of rotatable bonds is 0. The summed E-state index contributed by atoms with van der Waals surface area (Å²) in [5, 5.41) is 0. The molecule has 20 heavy (non-hydrogen) atoms. The minimum atomic E-state index is -0.0224. The standard InChI is InChI=1S/C19H28O/c1-13-16(20)15-11-9-8-10-14(15)12-19(13,17(2,3)4)18(5,6)7/h8-11,13H,12H2,1-7H3. The average molecular weight is 272 g/mol. The fourth-order valence-electron chi connectivity index (χ4n) is 4.78. The number of hydrogen-bond donors (Lipinski definition) is 0. The summed E-state index contributed by atoms with van der Waals surface area (Å²) >= 11 is 0. The molecular weight excluding hydrogens is 244 g/mol. The molecule has 1 heteroatoms. The van der Waals surface area contributed by atoms with Crippen LogP contribution in [0.4, 0.5) is 0 Å². The van der Waals surface area contributed by atoms with Crippen molar-refractivity contribution in [1.29, 1.82) is 0 Å². The summed E-state index contributed by atoms with van der Waals surface area (Å²) in [6.45, 7) is 15.9. The number of carbonyl (C=O) groups excluding carboxylic acids is 1. The van der Waals surface area contributed by atoms with Crippen molar-refractivity contribution >= 4 is 5.78 Å². The van der Waals surface area contributed by atoms with Gasteiger partial charge >= 0.3 is 0 Å². The normalized spacial score (nSPS) is 22.6. The van der Waals surface area contributed by atoms with Crippen molar-refractivity contribution < 1.29 is 4.79 Å². The Morgan fingerprint density at radius 3 is 2.00 bits per heavy atom. The molecule has 0 amide bonds. The fraction of sp³-hybridized carbons (Fsp3) is 0.632. The Morgan fingerprint density at radius 1 is 1.00 bits per heavy atom. The lowest BCUT2D eigenvalue weighted by atomic mass is 9.44. The number of ketones is 1. The Kier molecular flexibility index (Phi) is 3.40. The molecule has 1 nitrogen and oxygen atoms in total. The van der Waals surface area contributed by atoms with Gasteiger partial charge in [0.05, 0.1) is 0 Å². The minimum absolute atomic E-state index is 0.0224. The van der Waals surface area contributed by atoms with Gasteiger partial charge in [-0.25, -0.2) is 0 Å². The second-order valence-corrected chi connectivity index (χ2v) is 8.39. The summed E-state index contributed by atoms with van der Waals surface area (Å²) < 4.78 is 0. The number of Topliss-reactive ketones (excluding diaryl/α,β-unsaturated/α-hetero) is 1. The van der Waals surface area contributed by atoms with Crippen LogP contribution in [0.25, 0.3) is 0 Å². The highest BCUT2D eigenvalue weighted by Gasteiger charge is 2.57. The number of fused-ring (bicyclic) bond motifs is 1. The molecule has 1 aliphatic rings. The van der Waals surface area contributed by atoms with E-state index >= 15 is 0 Å². The molecule has 1 aliphatic carbocycles. The maximum absolute atomic E-state index is 12.9. The van der Waals surface area contributed by atoms with E-state index < -0.39 is 0 Å². The fourth-order valence-corrected chi connectivity index (χ4v) is 4.78. The van der Waals surface area contributed by atoms with Crippen molar-refractivity contribution in [3.05, 3.63) is 35.4 Å². The summed E-state index contributed by atoms with van der Waals surface area (Å²) in [6.07, 6.45) is 0.989. The van der Waals surface area contributed by atoms with E-state index in [-0.39, 0.29) is 22.2 Å². The Labute approximate surface area is 123 Å². The van der Waals surface area contributed by atoms with Gasteiger partial charge in [0.2, 0.25) is 0 Å². The molecule has 1 aromatic rings. The van der Waals surface area contributed by atoms with Gasteiger partial charge in [-0.15, -0.1) is 0 Å². The second-order valence-electron chi connectivity index (χ2n) is 8.39. The van der Waals surface area contributed by atoms with Crippen molar-refractivity contribution in [2.24, 2.45) is 22.2 Å². The van der Waals surface area contributed by atoms with E-state index in [2.05, 4.69) is 60.6 Å². The predicted octanol–water partition coefficient (Wildman–Crippen LogP) is 5.14. The van der Waals surface area contributed by atoms with E-state index in [1.807, 2.05) is 12.1 Å². The molecule has 0 spiro atoms. The van der Waals surface area contributed by atoms with Crippen LogP contribution in [0.2, 0.25) is 0 Å². The monoisotopic (exact) mass is 272 g/mol. The third kappa shape index (κ3) is 1.94. The van der Waals surface area contributed by atoms with E-state index in [0.717, 1.165) is 12.0 Å². The van der Waals surface area contributed by atoms with Crippen LogP contribution < -0.4 is 0 Å². The first-order valence-electron chi connectivity index (χ1n) is 7.64. The lowest BCUT2D eigenvalue weighted by molar-refractivity contribution is -0.0719. The molecule has 0 radical (unpaired) electrons. The summed E-state index contributed by atoms with van der Waals surface area (Å²) in [7, 11) is 0. The topological polar surface area (TPSA) is 17.1 Å². The van der Waals surface area contributed by atoms with Crippen LogP contribution in [-0.2, 0) is 6.42 Å². The summed E-state index contributed by atoms with van der Waals surface area (Å²) in [4.78, 5) is 12.9. The average Bonchev–Trinajstić information content (AvgIpc) is 2.30. The highest BCUT2D eigenvalue weighted by molar-refractivity contribution is 6.00. The van der Waals surface area contributed by atoms with Crippen LogP contribution >= 0.6 is 0 Å². The maximum atomic E-state index is 12.9. The van der Waals surface area contributed by atoms with Gasteiger partial charge < -0.3 is 0 Å². The zero-order chi connectivity index (χ0) is 15.3. The lowest BCUT2D eigenvalue weighted by Gasteiger charge is -2.59. The first-order chi connectivity index (χ1) is 9.02. The van der Waals surface area contributed by atoms with Crippen molar-refractivity contribution in [3.63, 3.8) is 0 Å². The minimum Gasteiger partial charge on any atom is -0.294 e. The van der Waals surface area contributed by atoms with E-state index in [4.69, 9.17) is 0 Å². The molecule has 0 fully saturated rings. The van der Waals surface area contributed by atoms with E-state index in [1.54, 1.807) is 0 Å². The predicted molar refractivity (Wildman–Crippen MR) is 85.0 cm³/mol. The SMILES string of the molecule is CC1C(=O)c2ccccc2CC1(C(C)(C)C)C(C)(C)C. The Bertz CT molecular complexity index is 511. The first-order valence-corrected chi connectivity index (χ1v) is 7.64. The molecule has 0 aliphatic heterocycles. The van der Waals surface area contributed by atoms with E-state index in [9.17, 15) is 4.79 Å². The molecule has 0 saturated carbocycles. The lowest BCUT2D eigenvalue weighted by Crippen LogP contribution is -2.56. The second kappa shape index (κ2) is 4.44. The molecular formula is C19H28O. The van der Waals surface area contributed by atoms with Gasteiger partial charge in [-0.1, -0.05) is 72.7 Å². The smallest absolute Gasteiger partial charge is 0.166 e. The van der Waals surface area contributed by atoms with Gasteiger partial charge in [0.25, 0.3) is 0 Å². The summed E-state index contributed by atoms with van der Waals surface area (Å²) in [5.41, 5.74) is 2.29. The van der Waals surface area contributed by atoms with Crippen molar-refractivity contribution in [3.8, 4) is 0 Å². The molecule has 0 aromatic heterocycles. The Hall–Kier alpha value is -1.11. The van der Waals surface area contributed by atoms with Gasteiger partial charge in [0.1, 0.15) is 0 Å². The van der Waals surface area contributed by atoms with Gasteiger partial charge in [-0.05, 0) is 28.2 Å². The zero-order valence-corrected chi connectivity index (χ0v) is 14.0. The Balaban J connectivity index is 2.71. The molecule has 0 bridgehead atoms. The number of carbonyl (C=O) groups is 1. The van der Waals surface area contributed by atoms with Crippen LogP contribution in [0.15, 0.2) is 24.3 Å². The van der Waals surface area contributed by atoms with Crippen molar-refractivity contribution in [1.82, 2.24) is 0 Å². The van der Waals surface area contributed by atoms with E-state index in [0.29, 0.717) is 5.78 Å². The van der Waals surface area contributed by atoms with Crippen LogP contribution in [0.3, 0.4) is 0 Å². The zero-order valence-electron chi connectivity index (χ0n) is 14.0. The molecule has 1 unspecified atom stereocenters. The molecule has 1 aromatic carbocycles. The van der Waals surface area contributed by atoms with Crippen LogP contribution in [0.5, 0.6) is 0 Å². The van der Waals surface area contributed by atoms with Crippen LogP contribution in [0.1, 0.15) is 64.4 Å². The van der Waals surface area contributed by atoms with Gasteiger partial charge in [-0.2, -0.15) is 0 Å². The van der Waals surface area contributed by atoms with Gasteiger partial charge in [0, 0.05) is 11.5 Å².